The molecule has 2 aromatic rings. The number of hydrogen-bond acceptors (Lipinski definition) is 2. The summed E-state index contributed by atoms with van der Waals surface area (Å²) in [4.78, 5) is 10.5. The van der Waals surface area contributed by atoms with Crippen LogP contribution in [0.15, 0.2) is 48.5 Å². The molecule has 2 nitrogen and oxygen atoms in total. The molecule has 3 heteroatoms. The molecule has 0 amide bonds. The molecule has 0 fully saturated rings. The van der Waals surface area contributed by atoms with Gasteiger partial charge in [0.05, 0.1) is 0 Å². The van der Waals surface area contributed by atoms with Crippen molar-refractivity contribution in [3.05, 3.63) is 63.2 Å². The summed E-state index contributed by atoms with van der Waals surface area (Å²) in [7, 11) is 0. The molecule has 0 saturated heterocycles. The average molecular weight is 338 g/mol. The second-order valence-corrected chi connectivity index (χ2v) is 4.85. The molecule has 0 bridgehead atoms. The highest BCUT2D eigenvalue weighted by atomic mass is 127. The lowest BCUT2D eigenvalue weighted by molar-refractivity contribution is 0.112. The Bertz CT molecular complexity index is 506. The van der Waals surface area contributed by atoms with Gasteiger partial charge >= 0.3 is 0 Å². The maximum Gasteiger partial charge on any atom is 0.150 e. The lowest BCUT2D eigenvalue weighted by Crippen LogP contribution is -1.95. The van der Waals surface area contributed by atoms with E-state index in [0.29, 0.717) is 12.2 Å². The Morgan fingerprint density at radius 2 is 1.88 bits per heavy atom. The summed E-state index contributed by atoms with van der Waals surface area (Å²) in [5.74, 6) is 0.773. The molecular formula is C14H11IO2. The van der Waals surface area contributed by atoms with Crippen LogP contribution in [0.2, 0.25) is 0 Å². The molecule has 0 aromatic heterocycles. The highest BCUT2D eigenvalue weighted by Gasteiger charge is 1.97. The van der Waals surface area contributed by atoms with Crippen LogP contribution in [0.25, 0.3) is 0 Å². The Morgan fingerprint density at radius 1 is 1.12 bits per heavy atom. The largest absolute Gasteiger partial charge is 0.489 e. The van der Waals surface area contributed by atoms with E-state index in [1.807, 2.05) is 18.2 Å². The van der Waals surface area contributed by atoms with Gasteiger partial charge in [-0.05, 0) is 64.6 Å². The first-order valence-electron chi connectivity index (χ1n) is 5.20. The van der Waals surface area contributed by atoms with Gasteiger partial charge < -0.3 is 4.74 Å². The van der Waals surface area contributed by atoms with Crippen LogP contribution >= 0.6 is 22.6 Å². The topological polar surface area (TPSA) is 26.3 Å². The van der Waals surface area contributed by atoms with E-state index in [1.165, 1.54) is 3.57 Å². The van der Waals surface area contributed by atoms with Gasteiger partial charge in [-0.2, -0.15) is 0 Å². The minimum atomic E-state index is 0.539. The van der Waals surface area contributed by atoms with Crippen molar-refractivity contribution in [3.63, 3.8) is 0 Å². The SMILES string of the molecule is O=Cc1ccc(OCc2cccc(I)c2)cc1. The zero-order valence-electron chi connectivity index (χ0n) is 9.10. The van der Waals surface area contributed by atoms with Gasteiger partial charge in [-0.3, -0.25) is 4.79 Å². The van der Waals surface area contributed by atoms with Crippen molar-refractivity contribution in [2.45, 2.75) is 6.61 Å². The normalized spacial score (nSPS) is 9.94. The van der Waals surface area contributed by atoms with Crippen LogP contribution in [0.3, 0.4) is 0 Å². The molecule has 0 aliphatic heterocycles. The minimum Gasteiger partial charge on any atom is -0.489 e. The fraction of sp³-hybridized carbons (Fsp3) is 0.0714. The molecule has 86 valence electrons. The molecule has 0 aliphatic rings. The molecule has 17 heavy (non-hydrogen) atoms. The number of halogens is 1. The third kappa shape index (κ3) is 3.56. The molecular weight excluding hydrogens is 327 g/mol. The van der Waals surface area contributed by atoms with E-state index in [4.69, 9.17) is 4.74 Å². The second kappa shape index (κ2) is 5.82. The van der Waals surface area contributed by atoms with Crippen molar-refractivity contribution in [2.75, 3.05) is 0 Å². The molecule has 0 heterocycles. The Labute approximate surface area is 114 Å². The minimum absolute atomic E-state index is 0.539. The number of carbonyl (C=O) groups is 1. The summed E-state index contributed by atoms with van der Waals surface area (Å²) in [5.41, 5.74) is 1.79. The summed E-state index contributed by atoms with van der Waals surface area (Å²) in [5, 5.41) is 0. The lowest BCUT2D eigenvalue weighted by Gasteiger charge is -2.06. The van der Waals surface area contributed by atoms with E-state index in [9.17, 15) is 4.79 Å². The highest BCUT2D eigenvalue weighted by Crippen LogP contribution is 2.14. The zero-order chi connectivity index (χ0) is 12.1. The van der Waals surface area contributed by atoms with Crippen molar-refractivity contribution in [1.82, 2.24) is 0 Å². The third-order valence-electron chi connectivity index (χ3n) is 2.31. The predicted octanol–water partition coefficient (Wildman–Crippen LogP) is 3.68. The van der Waals surface area contributed by atoms with E-state index < -0.39 is 0 Å². The summed E-state index contributed by atoms with van der Waals surface area (Å²) >= 11 is 2.27. The maximum absolute atomic E-state index is 10.5. The zero-order valence-corrected chi connectivity index (χ0v) is 11.3. The summed E-state index contributed by atoms with van der Waals surface area (Å²) in [6, 6.07) is 15.3. The van der Waals surface area contributed by atoms with Gasteiger partial charge in [-0.1, -0.05) is 12.1 Å². The number of ether oxygens (including phenoxy) is 1. The van der Waals surface area contributed by atoms with Crippen LogP contribution < -0.4 is 4.74 Å². The Hall–Kier alpha value is -1.36. The van der Waals surface area contributed by atoms with E-state index in [2.05, 4.69) is 28.7 Å². The van der Waals surface area contributed by atoms with Gasteiger partial charge in [0.2, 0.25) is 0 Å². The van der Waals surface area contributed by atoms with Crippen LogP contribution in [0.5, 0.6) is 5.75 Å². The van der Waals surface area contributed by atoms with Crippen molar-refractivity contribution in [3.8, 4) is 5.75 Å². The standard InChI is InChI=1S/C14H11IO2/c15-13-3-1-2-12(8-13)10-17-14-6-4-11(9-16)5-7-14/h1-9H,10H2. The van der Waals surface area contributed by atoms with Gasteiger partial charge in [0.1, 0.15) is 18.6 Å². The molecule has 0 saturated carbocycles. The van der Waals surface area contributed by atoms with Gasteiger partial charge in [0.25, 0.3) is 0 Å². The van der Waals surface area contributed by atoms with Gasteiger partial charge in [0, 0.05) is 9.13 Å². The lowest BCUT2D eigenvalue weighted by atomic mass is 10.2. The number of carbonyl (C=O) groups excluding carboxylic acids is 1. The molecule has 0 atom stereocenters. The fourth-order valence-electron chi connectivity index (χ4n) is 1.44. The van der Waals surface area contributed by atoms with Crippen LogP contribution in [-0.2, 0) is 6.61 Å². The fourth-order valence-corrected chi connectivity index (χ4v) is 2.04. The van der Waals surface area contributed by atoms with E-state index in [-0.39, 0.29) is 0 Å². The number of aldehydes is 1. The number of hydrogen-bond donors (Lipinski definition) is 0. The summed E-state index contributed by atoms with van der Waals surface area (Å²) < 4.78 is 6.82. The Kier molecular flexibility index (Phi) is 4.14. The van der Waals surface area contributed by atoms with E-state index >= 15 is 0 Å². The average Bonchev–Trinajstić information content (AvgIpc) is 2.37. The van der Waals surface area contributed by atoms with Crippen molar-refractivity contribution < 1.29 is 9.53 Å². The predicted molar refractivity (Wildman–Crippen MR) is 75.3 cm³/mol. The Morgan fingerprint density at radius 3 is 2.53 bits per heavy atom. The molecule has 0 unspecified atom stereocenters. The second-order valence-electron chi connectivity index (χ2n) is 3.61. The first-order chi connectivity index (χ1) is 8.28. The third-order valence-corrected chi connectivity index (χ3v) is 2.98. The molecule has 2 aromatic carbocycles. The van der Waals surface area contributed by atoms with Gasteiger partial charge in [-0.15, -0.1) is 0 Å². The first-order valence-corrected chi connectivity index (χ1v) is 6.28. The van der Waals surface area contributed by atoms with Crippen molar-refractivity contribution >= 4 is 28.9 Å². The molecule has 2 rings (SSSR count). The quantitative estimate of drug-likeness (QED) is 0.628. The number of rotatable bonds is 4. The summed E-state index contributed by atoms with van der Waals surface area (Å²) in [6.45, 7) is 0.539. The molecule has 0 radical (unpaired) electrons. The van der Waals surface area contributed by atoms with E-state index in [1.54, 1.807) is 24.3 Å². The van der Waals surface area contributed by atoms with Crippen molar-refractivity contribution in [1.29, 1.82) is 0 Å². The van der Waals surface area contributed by atoms with Crippen LogP contribution in [-0.4, -0.2) is 6.29 Å². The number of benzene rings is 2. The molecule has 0 spiro atoms. The van der Waals surface area contributed by atoms with Gasteiger partial charge in [0.15, 0.2) is 0 Å². The van der Waals surface area contributed by atoms with Crippen LogP contribution in [0, 0.1) is 3.57 Å². The summed E-state index contributed by atoms with van der Waals surface area (Å²) in [6.07, 6.45) is 0.823. The Balaban J connectivity index is 1.99. The van der Waals surface area contributed by atoms with E-state index in [0.717, 1.165) is 17.6 Å². The monoisotopic (exact) mass is 338 g/mol. The first kappa shape index (κ1) is 12.1. The molecule has 0 N–H and O–H groups in total. The van der Waals surface area contributed by atoms with Crippen molar-refractivity contribution in [2.24, 2.45) is 0 Å². The highest BCUT2D eigenvalue weighted by molar-refractivity contribution is 14.1. The maximum atomic E-state index is 10.5. The van der Waals surface area contributed by atoms with Gasteiger partial charge in [-0.25, -0.2) is 0 Å². The smallest absolute Gasteiger partial charge is 0.150 e. The van der Waals surface area contributed by atoms with Crippen LogP contribution in [0.4, 0.5) is 0 Å². The van der Waals surface area contributed by atoms with Crippen LogP contribution in [0.1, 0.15) is 15.9 Å². The molecule has 0 aliphatic carbocycles.